The maximum atomic E-state index is 12.4. The predicted molar refractivity (Wildman–Crippen MR) is 119 cm³/mol. The summed E-state index contributed by atoms with van der Waals surface area (Å²) in [6.07, 6.45) is 0. The molecule has 0 atom stereocenters. The van der Waals surface area contributed by atoms with E-state index >= 15 is 0 Å². The average Bonchev–Trinajstić information content (AvgIpc) is 3.08. The van der Waals surface area contributed by atoms with Crippen LogP contribution in [-0.4, -0.2) is 21.9 Å². The van der Waals surface area contributed by atoms with E-state index in [-0.39, 0.29) is 11.7 Å². The van der Waals surface area contributed by atoms with Gasteiger partial charge in [-0.1, -0.05) is 46.9 Å². The lowest BCUT2D eigenvalue weighted by Gasteiger charge is -2.15. The second-order valence-corrected chi connectivity index (χ2v) is 9.23. The molecule has 1 N–H and O–H groups in total. The third-order valence-corrected chi connectivity index (χ3v) is 6.73. The second kappa shape index (κ2) is 8.88. The number of thioether (sulfide) groups is 1. The predicted octanol–water partition coefficient (Wildman–Crippen LogP) is 5.52. The van der Waals surface area contributed by atoms with Gasteiger partial charge in [0.2, 0.25) is 5.13 Å². The van der Waals surface area contributed by atoms with Gasteiger partial charge in [-0.05, 0) is 69.0 Å². The summed E-state index contributed by atoms with van der Waals surface area (Å²) in [6.45, 7) is 9.59. The smallest absolute Gasteiger partial charge is 0.257 e. The molecule has 3 aromatic rings. The molecular weight excluding hydrogens is 402 g/mol. The van der Waals surface area contributed by atoms with Gasteiger partial charge in [-0.3, -0.25) is 14.9 Å². The van der Waals surface area contributed by atoms with Gasteiger partial charge in [-0.2, -0.15) is 0 Å². The summed E-state index contributed by atoms with van der Waals surface area (Å²) in [7, 11) is 0. The van der Waals surface area contributed by atoms with Crippen LogP contribution in [0.4, 0.5) is 5.13 Å². The number of amides is 1. The molecular formula is C22H23N3O2S2. The van der Waals surface area contributed by atoms with E-state index in [9.17, 15) is 9.59 Å². The van der Waals surface area contributed by atoms with Crippen LogP contribution in [0.3, 0.4) is 0 Å². The van der Waals surface area contributed by atoms with Crippen molar-refractivity contribution >= 4 is 39.9 Å². The van der Waals surface area contributed by atoms with Crippen LogP contribution in [0.1, 0.15) is 55.5 Å². The Morgan fingerprint density at radius 3 is 2.52 bits per heavy atom. The zero-order valence-corrected chi connectivity index (χ0v) is 18.8. The minimum atomic E-state index is -0.197. The number of carbonyl (C=O) groups excluding carboxylic acids is 2. The number of benzene rings is 2. The monoisotopic (exact) mass is 425 g/mol. The van der Waals surface area contributed by atoms with E-state index in [4.69, 9.17) is 0 Å². The van der Waals surface area contributed by atoms with E-state index in [0.717, 1.165) is 37.7 Å². The highest BCUT2D eigenvalue weighted by Crippen LogP contribution is 2.32. The van der Waals surface area contributed by atoms with Crippen molar-refractivity contribution in [2.75, 3.05) is 5.32 Å². The van der Waals surface area contributed by atoms with E-state index in [1.165, 1.54) is 11.3 Å². The molecule has 0 fully saturated rings. The molecule has 1 aromatic heterocycles. The number of Topliss-reactive ketones (excluding diaryl/α,β-unsaturated/α-hetero) is 1. The molecule has 0 aliphatic carbocycles. The zero-order valence-electron chi connectivity index (χ0n) is 17.1. The van der Waals surface area contributed by atoms with Crippen LogP contribution in [0, 0.1) is 27.7 Å². The van der Waals surface area contributed by atoms with Gasteiger partial charge in [0, 0.05) is 16.9 Å². The van der Waals surface area contributed by atoms with Crippen molar-refractivity contribution in [1.29, 1.82) is 0 Å². The van der Waals surface area contributed by atoms with E-state index in [2.05, 4.69) is 28.5 Å². The first-order valence-electron chi connectivity index (χ1n) is 9.21. The number of nitrogens with zero attached hydrogens (tertiary/aromatic N) is 2. The van der Waals surface area contributed by atoms with E-state index in [1.54, 1.807) is 24.8 Å². The number of hydrogen-bond acceptors (Lipinski definition) is 6. The molecule has 0 bridgehead atoms. The van der Waals surface area contributed by atoms with Crippen molar-refractivity contribution in [1.82, 2.24) is 10.2 Å². The second-order valence-electron chi connectivity index (χ2n) is 7.03. The molecule has 2 aromatic carbocycles. The molecule has 0 spiro atoms. The fourth-order valence-corrected chi connectivity index (χ4v) is 5.33. The Bertz CT molecular complexity index is 1090. The number of nitrogens with one attached hydrogen (secondary N) is 1. The van der Waals surface area contributed by atoms with Crippen molar-refractivity contribution in [3.8, 4) is 0 Å². The maximum absolute atomic E-state index is 12.4. The highest BCUT2D eigenvalue weighted by atomic mass is 32.2. The van der Waals surface area contributed by atoms with Crippen LogP contribution in [0.25, 0.3) is 0 Å². The Morgan fingerprint density at radius 2 is 1.83 bits per heavy atom. The van der Waals surface area contributed by atoms with Gasteiger partial charge in [0.15, 0.2) is 10.1 Å². The van der Waals surface area contributed by atoms with Crippen molar-refractivity contribution < 1.29 is 9.59 Å². The zero-order chi connectivity index (χ0) is 21.1. The van der Waals surface area contributed by atoms with Gasteiger partial charge in [0.1, 0.15) is 0 Å². The average molecular weight is 426 g/mol. The normalized spacial score (nSPS) is 10.8. The Kier molecular flexibility index (Phi) is 6.49. The van der Waals surface area contributed by atoms with Crippen molar-refractivity contribution in [3.05, 3.63) is 69.3 Å². The van der Waals surface area contributed by atoms with Crippen LogP contribution in [0.15, 0.2) is 34.7 Å². The fraction of sp³-hybridized carbons (Fsp3) is 0.273. The van der Waals surface area contributed by atoms with Gasteiger partial charge >= 0.3 is 0 Å². The summed E-state index contributed by atoms with van der Waals surface area (Å²) in [5.41, 5.74) is 6.77. The van der Waals surface area contributed by atoms with E-state index in [1.807, 2.05) is 39.0 Å². The standard InChI is InChI=1S/C22H23N3O2S2/c1-12-7-6-8-17(9-12)20(27)23-21-24-25-22(29-21)28-11-18-13(2)10-14(3)19(15(18)4)16(5)26/h6-10H,11H2,1-5H3,(H,23,24,27). The lowest BCUT2D eigenvalue weighted by atomic mass is 9.92. The Labute approximate surface area is 179 Å². The van der Waals surface area contributed by atoms with Crippen LogP contribution >= 0.6 is 23.1 Å². The molecule has 0 aliphatic rings. The van der Waals surface area contributed by atoms with Gasteiger partial charge in [-0.25, -0.2) is 0 Å². The third kappa shape index (κ3) is 4.92. The van der Waals surface area contributed by atoms with Crippen molar-refractivity contribution in [2.24, 2.45) is 0 Å². The van der Waals surface area contributed by atoms with Gasteiger partial charge < -0.3 is 0 Å². The number of ketones is 1. The summed E-state index contributed by atoms with van der Waals surface area (Å²) in [5.74, 6) is 0.583. The summed E-state index contributed by atoms with van der Waals surface area (Å²) < 4.78 is 0.772. The largest absolute Gasteiger partial charge is 0.296 e. The molecule has 1 heterocycles. The van der Waals surface area contributed by atoms with E-state index < -0.39 is 0 Å². The Balaban J connectivity index is 1.71. The van der Waals surface area contributed by atoms with Crippen LogP contribution in [-0.2, 0) is 5.75 Å². The van der Waals surface area contributed by atoms with Gasteiger partial charge in [0.25, 0.3) is 5.91 Å². The van der Waals surface area contributed by atoms with Crippen molar-refractivity contribution in [2.45, 2.75) is 44.7 Å². The van der Waals surface area contributed by atoms with Crippen LogP contribution in [0.5, 0.6) is 0 Å². The summed E-state index contributed by atoms with van der Waals surface area (Å²) in [6, 6.07) is 9.47. The quantitative estimate of drug-likeness (QED) is 0.320. The molecule has 0 unspecified atom stereocenters. The summed E-state index contributed by atoms with van der Waals surface area (Å²) >= 11 is 2.90. The topological polar surface area (TPSA) is 72.0 Å². The molecule has 29 heavy (non-hydrogen) atoms. The number of anilines is 1. The molecule has 0 aliphatic heterocycles. The van der Waals surface area contributed by atoms with Gasteiger partial charge in [-0.15, -0.1) is 10.2 Å². The minimum Gasteiger partial charge on any atom is -0.296 e. The SMILES string of the molecule is CC(=O)c1c(C)cc(C)c(CSc2nnc(NC(=O)c3cccc(C)c3)s2)c1C. The molecule has 5 nitrogen and oxygen atoms in total. The van der Waals surface area contributed by atoms with Crippen LogP contribution in [0.2, 0.25) is 0 Å². The maximum Gasteiger partial charge on any atom is 0.257 e. The molecule has 0 saturated heterocycles. The first kappa shape index (κ1) is 21.2. The fourth-order valence-electron chi connectivity index (χ4n) is 3.40. The first-order valence-corrected chi connectivity index (χ1v) is 11.0. The third-order valence-electron chi connectivity index (χ3n) is 4.73. The highest BCUT2D eigenvalue weighted by molar-refractivity contribution is 8.00. The van der Waals surface area contributed by atoms with Crippen molar-refractivity contribution in [3.63, 3.8) is 0 Å². The number of aromatic nitrogens is 2. The molecule has 3 rings (SSSR count). The number of aryl methyl sites for hydroxylation is 3. The molecule has 0 saturated carbocycles. The Morgan fingerprint density at radius 1 is 1.07 bits per heavy atom. The molecule has 150 valence electrons. The highest BCUT2D eigenvalue weighted by Gasteiger charge is 2.16. The van der Waals surface area contributed by atoms with E-state index in [0.29, 0.717) is 16.4 Å². The molecule has 7 heteroatoms. The molecule has 1 amide bonds. The lowest BCUT2D eigenvalue weighted by Crippen LogP contribution is -2.11. The number of rotatable bonds is 6. The minimum absolute atomic E-state index is 0.0864. The summed E-state index contributed by atoms with van der Waals surface area (Å²) in [5, 5.41) is 11.5. The lowest BCUT2D eigenvalue weighted by molar-refractivity contribution is 0.101. The number of carbonyl (C=O) groups is 2. The summed E-state index contributed by atoms with van der Waals surface area (Å²) in [4.78, 5) is 24.4. The molecule has 0 radical (unpaired) electrons. The first-order chi connectivity index (χ1) is 13.8. The Hall–Kier alpha value is -2.51. The van der Waals surface area contributed by atoms with Gasteiger partial charge in [0.05, 0.1) is 0 Å². The van der Waals surface area contributed by atoms with Crippen LogP contribution < -0.4 is 5.32 Å². The number of hydrogen-bond donors (Lipinski definition) is 1.